The number of halogens is 1. The lowest BCUT2D eigenvalue weighted by Crippen LogP contribution is -2.19. The van der Waals surface area contributed by atoms with Gasteiger partial charge in [0.1, 0.15) is 11.6 Å². The SMILES string of the molecule is CC(NCc1ccc(C#N)cc1)c1ccc(O)cc1F. The van der Waals surface area contributed by atoms with E-state index >= 15 is 0 Å². The molecule has 20 heavy (non-hydrogen) atoms. The largest absolute Gasteiger partial charge is 0.508 e. The molecule has 2 aromatic rings. The van der Waals surface area contributed by atoms with Gasteiger partial charge in [-0.2, -0.15) is 5.26 Å². The van der Waals surface area contributed by atoms with E-state index in [4.69, 9.17) is 5.26 Å². The predicted molar refractivity (Wildman–Crippen MR) is 74.5 cm³/mol. The van der Waals surface area contributed by atoms with E-state index in [9.17, 15) is 9.50 Å². The number of hydrogen-bond acceptors (Lipinski definition) is 3. The maximum absolute atomic E-state index is 13.7. The topological polar surface area (TPSA) is 56.0 Å². The standard InChI is InChI=1S/C16H15FN2O/c1-11(15-7-6-14(20)8-16(15)17)19-10-13-4-2-12(9-18)3-5-13/h2-8,11,19-20H,10H2,1H3. The van der Waals surface area contributed by atoms with Crippen LogP contribution in [-0.4, -0.2) is 5.11 Å². The average Bonchev–Trinajstić information content (AvgIpc) is 2.45. The molecule has 0 bridgehead atoms. The van der Waals surface area contributed by atoms with Crippen LogP contribution in [0.1, 0.15) is 29.7 Å². The molecule has 0 saturated heterocycles. The van der Waals surface area contributed by atoms with E-state index < -0.39 is 5.82 Å². The van der Waals surface area contributed by atoms with Gasteiger partial charge in [0.15, 0.2) is 0 Å². The Labute approximate surface area is 117 Å². The normalized spacial score (nSPS) is 11.8. The summed E-state index contributed by atoms with van der Waals surface area (Å²) < 4.78 is 13.7. The Morgan fingerprint density at radius 1 is 1.25 bits per heavy atom. The van der Waals surface area contributed by atoms with Crippen LogP contribution in [0.2, 0.25) is 0 Å². The third kappa shape index (κ3) is 3.34. The van der Waals surface area contributed by atoms with E-state index in [0.717, 1.165) is 11.6 Å². The Bertz CT molecular complexity index is 632. The first kappa shape index (κ1) is 14.0. The van der Waals surface area contributed by atoms with Crippen LogP contribution in [0.25, 0.3) is 0 Å². The summed E-state index contributed by atoms with van der Waals surface area (Å²) in [5.74, 6) is -0.504. The fraction of sp³-hybridized carbons (Fsp3) is 0.188. The van der Waals surface area contributed by atoms with Crippen LogP contribution in [0.15, 0.2) is 42.5 Å². The number of phenolic OH excluding ortho intramolecular Hbond substituents is 1. The van der Waals surface area contributed by atoms with Crippen molar-refractivity contribution in [3.05, 3.63) is 65.0 Å². The lowest BCUT2D eigenvalue weighted by Gasteiger charge is -2.15. The van der Waals surface area contributed by atoms with Crippen LogP contribution >= 0.6 is 0 Å². The molecular formula is C16H15FN2O. The molecule has 1 unspecified atom stereocenters. The minimum Gasteiger partial charge on any atom is -0.508 e. The van der Waals surface area contributed by atoms with Crippen molar-refractivity contribution in [2.24, 2.45) is 0 Å². The molecule has 0 amide bonds. The van der Waals surface area contributed by atoms with Gasteiger partial charge in [-0.15, -0.1) is 0 Å². The molecule has 2 aromatic carbocycles. The Hall–Kier alpha value is -2.38. The minimum absolute atomic E-state index is 0.0782. The summed E-state index contributed by atoms with van der Waals surface area (Å²) in [4.78, 5) is 0. The molecule has 2 N–H and O–H groups in total. The summed E-state index contributed by atoms with van der Waals surface area (Å²) in [7, 11) is 0. The third-order valence-corrected chi connectivity index (χ3v) is 3.15. The van der Waals surface area contributed by atoms with E-state index in [1.807, 2.05) is 19.1 Å². The summed E-state index contributed by atoms with van der Waals surface area (Å²) in [6.45, 7) is 2.44. The molecule has 0 aliphatic heterocycles. The molecule has 1 atom stereocenters. The van der Waals surface area contributed by atoms with E-state index in [2.05, 4.69) is 11.4 Å². The second kappa shape index (κ2) is 6.18. The van der Waals surface area contributed by atoms with Crippen molar-refractivity contribution in [1.29, 1.82) is 5.26 Å². The van der Waals surface area contributed by atoms with Crippen LogP contribution in [0, 0.1) is 17.1 Å². The average molecular weight is 270 g/mol. The summed E-state index contributed by atoms with van der Waals surface area (Å²) in [5, 5.41) is 21.1. The minimum atomic E-state index is -0.426. The summed E-state index contributed by atoms with van der Waals surface area (Å²) >= 11 is 0. The Kier molecular flexibility index (Phi) is 4.34. The zero-order chi connectivity index (χ0) is 14.5. The molecule has 0 aromatic heterocycles. The molecule has 0 aliphatic rings. The van der Waals surface area contributed by atoms with Crippen molar-refractivity contribution < 1.29 is 9.50 Å². The number of nitrogens with zero attached hydrogens (tertiary/aromatic N) is 1. The molecule has 102 valence electrons. The fourth-order valence-corrected chi connectivity index (χ4v) is 1.95. The first-order valence-electron chi connectivity index (χ1n) is 6.31. The maximum Gasteiger partial charge on any atom is 0.131 e. The lowest BCUT2D eigenvalue weighted by atomic mass is 10.1. The Morgan fingerprint density at radius 2 is 1.95 bits per heavy atom. The van der Waals surface area contributed by atoms with Crippen molar-refractivity contribution in [3.63, 3.8) is 0 Å². The van der Waals surface area contributed by atoms with Crippen molar-refractivity contribution in [1.82, 2.24) is 5.32 Å². The highest BCUT2D eigenvalue weighted by Gasteiger charge is 2.10. The van der Waals surface area contributed by atoms with Crippen molar-refractivity contribution in [2.45, 2.75) is 19.5 Å². The molecule has 0 heterocycles. The van der Waals surface area contributed by atoms with Gasteiger partial charge in [0.25, 0.3) is 0 Å². The number of phenols is 1. The van der Waals surface area contributed by atoms with E-state index in [0.29, 0.717) is 17.7 Å². The van der Waals surface area contributed by atoms with Crippen LogP contribution in [0.4, 0.5) is 4.39 Å². The summed E-state index contributed by atoms with van der Waals surface area (Å²) in [6, 6.07) is 13.3. The van der Waals surface area contributed by atoms with Gasteiger partial charge in [-0.05, 0) is 30.7 Å². The van der Waals surface area contributed by atoms with Crippen molar-refractivity contribution in [3.8, 4) is 11.8 Å². The molecule has 0 aliphatic carbocycles. The quantitative estimate of drug-likeness (QED) is 0.896. The van der Waals surface area contributed by atoms with Crippen molar-refractivity contribution in [2.75, 3.05) is 0 Å². The fourth-order valence-electron chi connectivity index (χ4n) is 1.95. The van der Waals surface area contributed by atoms with Gasteiger partial charge in [-0.1, -0.05) is 18.2 Å². The second-order valence-electron chi connectivity index (χ2n) is 4.62. The van der Waals surface area contributed by atoms with Crippen LogP contribution in [-0.2, 0) is 6.54 Å². The van der Waals surface area contributed by atoms with Crippen LogP contribution in [0.5, 0.6) is 5.75 Å². The highest BCUT2D eigenvalue weighted by molar-refractivity contribution is 5.32. The van der Waals surface area contributed by atoms with Gasteiger partial charge in [-0.25, -0.2) is 4.39 Å². The molecule has 4 heteroatoms. The zero-order valence-electron chi connectivity index (χ0n) is 11.1. The highest BCUT2D eigenvalue weighted by Crippen LogP contribution is 2.21. The van der Waals surface area contributed by atoms with E-state index in [-0.39, 0.29) is 11.8 Å². The monoisotopic (exact) mass is 270 g/mol. The lowest BCUT2D eigenvalue weighted by molar-refractivity contribution is 0.463. The van der Waals surface area contributed by atoms with Gasteiger partial charge >= 0.3 is 0 Å². The Balaban J connectivity index is 2.01. The van der Waals surface area contributed by atoms with Gasteiger partial charge in [0.2, 0.25) is 0 Å². The molecule has 3 nitrogen and oxygen atoms in total. The van der Waals surface area contributed by atoms with Crippen LogP contribution < -0.4 is 5.32 Å². The number of benzene rings is 2. The predicted octanol–water partition coefficient (Wildman–Crippen LogP) is 3.25. The molecule has 0 fully saturated rings. The van der Waals surface area contributed by atoms with E-state index in [1.54, 1.807) is 18.2 Å². The summed E-state index contributed by atoms with van der Waals surface area (Å²) in [6.07, 6.45) is 0. The molecule has 0 saturated carbocycles. The van der Waals surface area contributed by atoms with Gasteiger partial charge in [-0.3, -0.25) is 0 Å². The number of nitrogens with one attached hydrogen (secondary N) is 1. The third-order valence-electron chi connectivity index (χ3n) is 3.15. The number of hydrogen-bond donors (Lipinski definition) is 2. The first-order valence-corrected chi connectivity index (χ1v) is 6.31. The summed E-state index contributed by atoms with van der Waals surface area (Å²) in [5.41, 5.74) is 2.15. The number of aromatic hydroxyl groups is 1. The smallest absolute Gasteiger partial charge is 0.131 e. The molecule has 0 spiro atoms. The van der Waals surface area contributed by atoms with E-state index in [1.165, 1.54) is 6.07 Å². The zero-order valence-corrected chi connectivity index (χ0v) is 11.1. The molecular weight excluding hydrogens is 255 g/mol. The first-order chi connectivity index (χ1) is 9.60. The number of rotatable bonds is 4. The maximum atomic E-state index is 13.7. The highest BCUT2D eigenvalue weighted by atomic mass is 19.1. The Morgan fingerprint density at radius 3 is 2.55 bits per heavy atom. The molecule has 0 radical (unpaired) electrons. The second-order valence-corrected chi connectivity index (χ2v) is 4.62. The van der Waals surface area contributed by atoms with Gasteiger partial charge < -0.3 is 10.4 Å². The number of nitriles is 1. The van der Waals surface area contributed by atoms with Crippen molar-refractivity contribution >= 4 is 0 Å². The molecule has 2 rings (SSSR count). The van der Waals surface area contributed by atoms with Crippen LogP contribution in [0.3, 0.4) is 0 Å². The van der Waals surface area contributed by atoms with Gasteiger partial charge in [0.05, 0.1) is 11.6 Å². The van der Waals surface area contributed by atoms with Gasteiger partial charge in [0, 0.05) is 24.2 Å².